The first-order valence-electron chi connectivity index (χ1n) is 8.20. The summed E-state index contributed by atoms with van der Waals surface area (Å²) in [6, 6.07) is -0.203. The summed E-state index contributed by atoms with van der Waals surface area (Å²) in [5.41, 5.74) is 0. The molecule has 0 bridgehead atoms. The molecule has 1 aliphatic rings. The predicted octanol–water partition coefficient (Wildman–Crippen LogP) is 1.69. The number of amides is 2. The highest BCUT2D eigenvalue weighted by atomic mass is 16.5. The van der Waals surface area contributed by atoms with Crippen LogP contribution >= 0.6 is 0 Å². The minimum atomic E-state index is -0.203. The maximum absolute atomic E-state index is 11.7. The Bertz CT molecular complexity index is 463. The van der Waals surface area contributed by atoms with Crippen molar-refractivity contribution in [3.63, 3.8) is 0 Å². The van der Waals surface area contributed by atoms with Crippen LogP contribution in [0.15, 0.2) is 6.33 Å². The van der Waals surface area contributed by atoms with Crippen LogP contribution in [0.3, 0.4) is 0 Å². The van der Waals surface area contributed by atoms with E-state index in [1.807, 2.05) is 11.5 Å². The van der Waals surface area contributed by atoms with Crippen LogP contribution in [0.5, 0.6) is 0 Å². The predicted molar refractivity (Wildman–Crippen MR) is 83.3 cm³/mol. The molecular formula is C15H27N5O2. The summed E-state index contributed by atoms with van der Waals surface area (Å²) in [5, 5.41) is 13.4. The standard InChI is InChI=1S/C15H27N5O2/c1-3-20-11-18-19-14(20)10-17-15(21)16-8-9-22-13-7-5-4-6-12(13)2/h11-13H,3-10H2,1-2H3,(H2,16,17,21)/t12-,13+/m1/s1. The van der Waals surface area contributed by atoms with Gasteiger partial charge in [0.15, 0.2) is 5.82 Å². The summed E-state index contributed by atoms with van der Waals surface area (Å²) < 4.78 is 7.76. The molecule has 0 aliphatic heterocycles. The van der Waals surface area contributed by atoms with Crippen molar-refractivity contribution < 1.29 is 9.53 Å². The topological polar surface area (TPSA) is 81.1 Å². The fraction of sp³-hybridized carbons (Fsp3) is 0.800. The lowest BCUT2D eigenvalue weighted by atomic mass is 9.88. The highest BCUT2D eigenvalue weighted by Crippen LogP contribution is 2.25. The van der Waals surface area contributed by atoms with Crippen molar-refractivity contribution in [1.82, 2.24) is 25.4 Å². The number of hydrogen-bond acceptors (Lipinski definition) is 4. The summed E-state index contributed by atoms with van der Waals surface area (Å²) in [6.45, 7) is 6.51. The van der Waals surface area contributed by atoms with Gasteiger partial charge < -0.3 is 19.9 Å². The minimum absolute atomic E-state index is 0.203. The third-order valence-corrected chi connectivity index (χ3v) is 4.20. The Morgan fingerprint density at radius 3 is 3.00 bits per heavy atom. The van der Waals surface area contributed by atoms with E-state index in [0.29, 0.717) is 31.7 Å². The van der Waals surface area contributed by atoms with Crippen molar-refractivity contribution in [3.8, 4) is 0 Å². The quantitative estimate of drug-likeness (QED) is 0.751. The average Bonchev–Trinajstić information content (AvgIpc) is 2.98. The van der Waals surface area contributed by atoms with Crippen LogP contribution in [-0.4, -0.2) is 40.1 Å². The molecule has 0 aromatic carbocycles. The van der Waals surface area contributed by atoms with Gasteiger partial charge in [0, 0.05) is 13.1 Å². The summed E-state index contributed by atoms with van der Waals surface area (Å²) >= 11 is 0. The molecule has 22 heavy (non-hydrogen) atoms. The molecule has 2 N–H and O–H groups in total. The zero-order valence-corrected chi connectivity index (χ0v) is 13.5. The van der Waals surface area contributed by atoms with E-state index in [0.717, 1.165) is 18.8 Å². The molecule has 1 aliphatic carbocycles. The number of aromatic nitrogens is 3. The first-order valence-corrected chi connectivity index (χ1v) is 8.20. The Hall–Kier alpha value is -1.63. The van der Waals surface area contributed by atoms with E-state index in [1.54, 1.807) is 6.33 Å². The third-order valence-electron chi connectivity index (χ3n) is 4.20. The number of urea groups is 1. The molecular weight excluding hydrogens is 282 g/mol. The highest BCUT2D eigenvalue weighted by molar-refractivity contribution is 5.73. The van der Waals surface area contributed by atoms with Gasteiger partial charge in [0.25, 0.3) is 0 Å². The number of carbonyl (C=O) groups excluding carboxylic acids is 1. The third kappa shape index (κ3) is 4.98. The van der Waals surface area contributed by atoms with Crippen LogP contribution in [0.4, 0.5) is 4.79 Å². The van der Waals surface area contributed by atoms with Crippen LogP contribution < -0.4 is 10.6 Å². The molecule has 7 heteroatoms. The fourth-order valence-electron chi connectivity index (χ4n) is 2.81. The maximum atomic E-state index is 11.7. The number of hydrogen-bond donors (Lipinski definition) is 2. The van der Waals surface area contributed by atoms with Crippen molar-refractivity contribution >= 4 is 6.03 Å². The van der Waals surface area contributed by atoms with E-state index in [4.69, 9.17) is 4.74 Å². The van der Waals surface area contributed by atoms with Crippen molar-refractivity contribution in [2.75, 3.05) is 13.2 Å². The molecule has 0 saturated heterocycles. The van der Waals surface area contributed by atoms with Crippen LogP contribution in [-0.2, 0) is 17.8 Å². The number of ether oxygens (including phenoxy) is 1. The Balaban J connectivity index is 1.58. The average molecular weight is 309 g/mol. The second-order valence-electron chi connectivity index (χ2n) is 5.81. The lowest BCUT2D eigenvalue weighted by Crippen LogP contribution is -2.38. The second kappa shape index (κ2) is 8.73. The molecule has 0 spiro atoms. The molecule has 1 aromatic rings. The van der Waals surface area contributed by atoms with Gasteiger partial charge in [0.1, 0.15) is 6.33 Å². The minimum Gasteiger partial charge on any atom is -0.376 e. The summed E-state index contributed by atoms with van der Waals surface area (Å²) in [4.78, 5) is 11.7. The highest BCUT2D eigenvalue weighted by Gasteiger charge is 2.21. The number of nitrogens with zero attached hydrogens (tertiary/aromatic N) is 3. The van der Waals surface area contributed by atoms with Crippen molar-refractivity contribution in [2.45, 2.75) is 58.7 Å². The summed E-state index contributed by atoms with van der Waals surface area (Å²) in [6.07, 6.45) is 6.96. The SMILES string of the molecule is CCn1cnnc1CNC(=O)NCCO[C@H]1CCCC[C@H]1C. The van der Waals surface area contributed by atoms with Crippen molar-refractivity contribution in [2.24, 2.45) is 5.92 Å². The van der Waals surface area contributed by atoms with Gasteiger partial charge in [-0.15, -0.1) is 10.2 Å². The smallest absolute Gasteiger partial charge is 0.315 e. The zero-order chi connectivity index (χ0) is 15.8. The first-order chi connectivity index (χ1) is 10.7. The summed E-state index contributed by atoms with van der Waals surface area (Å²) in [7, 11) is 0. The van der Waals surface area contributed by atoms with Gasteiger partial charge in [0.05, 0.1) is 19.3 Å². The maximum Gasteiger partial charge on any atom is 0.315 e. The van der Waals surface area contributed by atoms with E-state index in [-0.39, 0.29) is 6.03 Å². The second-order valence-corrected chi connectivity index (χ2v) is 5.81. The number of carbonyl (C=O) groups is 1. The number of rotatable bonds is 7. The lowest BCUT2D eigenvalue weighted by molar-refractivity contribution is -0.00243. The van der Waals surface area contributed by atoms with E-state index in [1.165, 1.54) is 19.3 Å². The van der Waals surface area contributed by atoms with Crippen molar-refractivity contribution in [1.29, 1.82) is 0 Å². The molecule has 1 saturated carbocycles. The largest absolute Gasteiger partial charge is 0.376 e. The molecule has 2 atom stereocenters. The Morgan fingerprint density at radius 1 is 1.41 bits per heavy atom. The van der Waals surface area contributed by atoms with Crippen LogP contribution in [0.1, 0.15) is 45.4 Å². The Kier molecular flexibility index (Phi) is 6.64. The van der Waals surface area contributed by atoms with Crippen LogP contribution in [0.25, 0.3) is 0 Å². The molecule has 1 heterocycles. The van der Waals surface area contributed by atoms with Gasteiger partial charge in [-0.05, 0) is 25.7 Å². The van der Waals surface area contributed by atoms with Crippen molar-refractivity contribution in [3.05, 3.63) is 12.2 Å². The molecule has 0 unspecified atom stereocenters. The normalized spacial score (nSPS) is 21.5. The molecule has 1 fully saturated rings. The molecule has 2 rings (SSSR count). The lowest BCUT2D eigenvalue weighted by Gasteiger charge is -2.28. The molecule has 0 radical (unpaired) electrons. The first kappa shape index (κ1) is 16.7. The monoisotopic (exact) mass is 309 g/mol. The van der Waals surface area contributed by atoms with E-state index in [9.17, 15) is 4.79 Å². The molecule has 1 aromatic heterocycles. The Labute approximate surface area is 131 Å². The molecule has 7 nitrogen and oxygen atoms in total. The van der Waals surface area contributed by atoms with Crippen LogP contribution in [0.2, 0.25) is 0 Å². The van der Waals surface area contributed by atoms with Gasteiger partial charge in [-0.3, -0.25) is 0 Å². The van der Waals surface area contributed by atoms with E-state index in [2.05, 4.69) is 27.8 Å². The number of aryl methyl sites for hydroxylation is 1. The number of nitrogens with one attached hydrogen (secondary N) is 2. The van der Waals surface area contributed by atoms with Gasteiger partial charge in [-0.2, -0.15) is 0 Å². The van der Waals surface area contributed by atoms with E-state index >= 15 is 0 Å². The van der Waals surface area contributed by atoms with Gasteiger partial charge in [-0.25, -0.2) is 4.79 Å². The fourth-order valence-corrected chi connectivity index (χ4v) is 2.81. The van der Waals surface area contributed by atoms with Gasteiger partial charge in [0.2, 0.25) is 0 Å². The zero-order valence-electron chi connectivity index (χ0n) is 13.5. The summed E-state index contributed by atoms with van der Waals surface area (Å²) in [5.74, 6) is 1.38. The Morgan fingerprint density at radius 2 is 2.23 bits per heavy atom. The molecule has 2 amide bonds. The van der Waals surface area contributed by atoms with E-state index < -0.39 is 0 Å². The van der Waals surface area contributed by atoms with Crippen LogP contribution in [0, 0.1) is 5.92 Å². The van der Waals surface area contributed by atoms with Gasteiger partial charge in [-0.1, -0.05) is 19.8 Å². The molecule has 124 valence electrons. The van der Waals surface area contributed by atoms with Gasteiger partial charge >= 0.3 is 6.03 Å².